The average Bonchev–Trinajstić information content (AvgIpc) is 3.60. The Morgan fingerprint density at radius 3 is 2.56 bits per heavy atom. The van der Waals surface area contributed by atoms with Gasteiger partial charge in [0, 0.05) is 50.0 Å². The van der Waals surface area contributed by atoms with Crippen LogP contribution in [-0.2, 0) is 15.9 Å². The number of rotatable bonds is 5. The van der Waals surface area contributed by atoms with Gasteiger partial charge in [0.15, 0.2) is 0 Å². The first-order valence-corrected chi connectivity index (χ1v) is 13.4. The minimum absolute atomic E-state index is 0.0494. The summed E-state index contributed by atoms with van der Waals surface area (Å²) in [5.41, 5.74) is -1.72. The number of anilines is 2. The number of alkyl halides is 5. The van der Waals surface area contributed by atoms with Gasteiger partial charge < -0.3 is 10.2 Å². The zero-order valence-corrected chi connectivity index (χ0v) is 20.5. The number of hydrogen-bond donors (Lipinski definition) is 2. The van der Waals surface area contributed by atoms with Crippen LogP contribution in [0.2, 0.25) is 0 Å². The number of carbonyl (C=O) groups is 1. The van der Waals surface area contributed by atoms with Crippen LogP contribution in [0.5, 0.6) is 0 Å². The number of pyridine rings is 2. The van der Waals surface area contributed by atoms with Crippen LogP contribution in [0.3, 0.4) is 0 Å². The third-order valence-electron chi connectivity index (χ3n) is 6.34. The van der Waals surface area contributed by atoms with E-state index < -0.39 is 45.6 Å². The molecule has 0 aromatic carbocycles. The molecule has 2 aromatic heterocycles. The maximum atomic E-state index is 14.1. The first-order chi connectivity index (χ1) is 16.7. The number of aromatic nitrogens is 2. The Hall–Kier alpha value is -2.83. The molecule has 13 heteroatoms. The summed E-state index contributed by atoms with van der Waals surface area (Å²) >= 11 is 0. The van der Waals surface area contributed by atoms with Gasteiger partial charge in [-0.2, -0.15) is 13.2 Å². The Morgan fingerprint density at radius 1 is 1.25 bits per heavy atom. The van der Waals surface area contributed by atoms with Gasteiger partial charge in [0.1, 0.15) is 10.8 Å². The molecule has 1 aliphatic heterocycles. The summed E-state index contributed by atoms with van der Waals surface area (Å²) in [5, 5.41) is 2.39. The minimum Gasteiger partial charge on any atom is -0.356 e. The van der Waals surface area contributed by atoms with Gasteiger partial charge in [-0.15, -0.1) is 0 Å². The lowest BCUT2D eigenvalue weighted by molar-refractivity contribution is -0.139. The van der Waals surface area contributed by atoms with Crippen LogP contribution in [0.15, 0.2) is 23.4 Å². The molecule has 0 unspecified atom stereocenters. The van der Waals surface area contributed by atoms with E-state index in [0.717, 1.165) is 6.26 Å². The van der Waals surface area contributed by atoms with Gasteiger partial charge >= 0.3 is 6.18 Å². The topological polar surface area (TPSA) is 99.0 Å². The van der Waals surface area contributed by atoms with Crippen molar-refractivity contribution in [2.45, 2.75) is 62.1 Å². The number of nitrogens with one attached hydrogen (secondary N) is 2. The molecule has 2 aliphatic rings. The quantitative estimate of drug-likeness (QED) is 0.490. The summed E-state index contributed by atoms with van der Waals surface area (Å²) in [6.07, 6.45) is -2.10. The molecule has 1 amide bonds. The SMILES string of the molecule is Cc1c(C(=O)Nc2ccnc([S@@](C)(=N)=O)c2)c(N2CCCC(F)(F)CC2)nc(C2CC2)c1C(F)(F)F. The third-order valence-corrected chi connectivity index (χ3v) is 7.36. The largest absolute Gasteiger partial charge is 0.418 e. The van der Waals surface area contributed by atoms with Gasteiger partial charge in [-0.25, -0.2) is 27.7 Å². The van der Waals surface area contributed by atoms with E-state index in [1.807, 2.05) is 0 Å². The van der Waals surface area contributed by atoms with E-state index in [-0.39, 0.29) is 59.3 Å². The van der Waals surface area contributed by atoms with E-state index in [4.69, 9.17) is 4.78 Å². The molecule has 4 rings (SSSR count). The van der Waals surface area contributed by atoms with Crippen molar-refractivity contribution in [3.05, 3.63) is 40.7 Å². The first-order valence-electron chi connectivity index (χ1n) is 11.4. The van der Waals surface area contributed by atoms with Crippen LogP contribution in [0.1, 0.15) is 65.2 Å². The van der Waals surface area contributed by atoms with Crippen LogP contribution in [0.4, 0.5) is 33.5 Å². The number of nitrogens with zero attached hydrogens (tertiary/aromatic N) is 3. The van der Waals surface area contributed by atoms with Crippen molar-refractivity contribution in [3.63, 3.8) is 0 Å². The fourth-order valence-electron chi connectivity index (χ4n) is 4.39. The summed E-state index contributed by atoms with van der Waals surface area (Å²) in [6.45, 7) is 1.15. The molecular weight excluding hydrogens is 505 g/mol. The molecule has 36 heavy (non-hydrogen) atoms. The summed E-state index contributed by atoms with van der Waals surface area (Å²) in [6, 6.07) is 2.57. The molecule has 2 N–H and O–H groups in total. The highest BCUT2D eigenvalue weighted by atomic mass is 32.2. The molecule has 2 aromatic rings. The van der Waals surface area contributed by atoms with E-state index in [9.17, 15) is 31.0 Å². The van der Waals surface area contributed by atoms with Crippen molar-refractivity contribution < 1.29 is 31.0 Å². The second kappa shape index (κ2) is 9.24. The highest BCUT2D eigenvalue weighted by Crippen LogP contribution is 2.48. The Kier molecular flexibility index (Phi) is 6.73. The molecule has 1 saturated heterocycles. The molecular formula is C23H26F5N5O2S. The second-order valence-corrected chi connectivity index (χ2v) is 11.5. The second-order valence-electron chi connectivity index (χ2n) is 9.34. The van der Waals surface area contributed by atoms with Crippen molar-refractivity contribution in [1.29, 1.82) is 4.78 Å². The van der Waals surface area contributed by atoms with Gasteiger partial charge in [-0.1, -0.05) is 0 Å². The fourth-order valence-corrected chi connectivity index (χ4v) is 5.00. The van der Waals surface area contributed by atoms with E-state index in [1.54, 1.807) is 0 Å². The zero-order valence-electron chi connectivity index (χ0n) is 19.7. The van der Waals surface area contributed by atoms with E-state index in [2.05, 4.69) is 15.3 Å². The van der Waals surface area contributed by atoms with Crippen LogP contribution in [-0.4, -0.2) is 45.4 Å². The summed E-state index contributed by atoms with van der Waals surface area (Å²) in [4.78, 5) is 23.0. The maximum absolute atomic E-state index is 14.1. The summed E-state index contributed by atoms with van der Waals surface area (Å²) < 4.78 is 90.2. The molecule has 0 bridgehead atoms. The van der Waals surface area contributed by atoms with E-state index >= 15 is 0 Å². The predicted octanol–water partition coefficient (Wildman–Crippen LogP) is 5.59. The molecule has 1 atom stereocenters. The van der Waals surface area contributed by atoms with Gasteiger partial charge in [0.05, 0.1) is 26.5 Å². The van der Waals surface area contributed by atoms with Gasteiger partial charge in [-0.3, -0.25) is 4.79 Å². The van der Waals surface area contributed by atoms with Crippen molar-refractivity contribution in [3.8, 4) is 0 Å². The molecule has 196 valence electrons. The fraction of sp³-hybridized carbons (Fsp3) is 0.522. The molecule has 0 spiro atoms. The molecule has 7 nitrogen and oxygen atoms in total. The summed E-state index contributed by atoms with van der Waals surface area (Å²) in [5.74, 6) is -4.27. The Morgan fingerprint density at radius 2 is 1.94 bits per heavy atom. The van der Waals surface area contributed by atoms with Crippen molar-refractivity contribution >= 4 is 27.1 Å². The van der Waals surface area contributed by atoms with Crippen molar-refractivity contribution in [2.24, 2.45) is 0 Å². The number of halogens is 5. The molecule has 3 heterocycles. The Bertz CT molecular complexity index is 1290. The lowest BCUT2D eigenvalue weighted by Crippen LogP contribution is -2.31. The van der Waals surface area contributed by atoms with Crippen LogP contribution < -0.4 is 10.2 Å². The molecule has 2 fully saturated rings. The molecule has 0 radical (unpaired) electrons. The standard InChI is InChI=1S/C23H26F5N5O2S/c1-13-17(21(34)31-15-6-9-30-16(12-15)36(2,29)35)20(33-10-3-7-22(24,25)8-11-33)32-19(14-4-5-14)18(13)23(26,27)28/h6,9,12,14,29H,3-5,7-8,10-11H2,1-2H3,(H,30,31,34)/t36-/m0/s1. The lowest BCUT2D eigenvalue weighted by atomic mass is 9.97. The predicted molar refractivity (Wildman–Crippen MR) is 124 cm³/mol. The van der Waals surface area contributed by atoms with Gasteiger partial charge in [0.2, 0.25) is 5.92 Å². The van der Waals surface area contributed by atoms with E-state index in [0.29, 0.717) is 12.8 Å². The number of carbonyl (C=O) groups excluding carboxylic acids is 1. The zero-order chi connectivity index (χ0) is 26.5. The minimum atomic E-state index is -4.77. The number of amides is 1. The normalized spacial score (nSPS) is 19.9. The smallest absolute Gasteiger partial charge is 0.356 e. The number of hydrogen-bond acceptors (Lipinski definition) is 6. The average molecular weight is 532 g/mol. The maximum Gasteiger partial charge on any atom is 0.418 e. The highest BCUT2D eigenvalue weighted by Gasteiger charge is 2.44. The highest BCUT2D eigenvalue weighted by molar-refractivity contribution is 7.91. The summed E-state index contributed by atoms with van der Waals surface area (Å²) in [7, 11) is -3.21. The molecule has 1 aliphatic carbocycles. The van der Waals surface area contributed by atoms with Crippen molar-refractivity contribution in [2.75, 3.05) is 29.6 Å². The van der Waals surface area contributed by atoms with Crippen LogP contribution >= 0.6 is 0 Å². The molecule has 1 saturated carbocycles. The third kappa shape index (κ3) is 5.60. The van der Waals surface area contributed by atoms with Gasteiger partial charge in [-0.05, 0) is 43.9 Å². The van der Waals surface area contributed by atoms with Crippen LogP contribution in [0.25, 0.3) is 0 Å². The lowest BCUT2D eigenvalue weighted by Gasteiger charge is -2.28. The first kappa shape index (κ1) is 26.2. The Balaban J connectivity index is 1.83. The van der Waals surface area contributed by atoms with E-state index in [1.165, 1.54) is 30.2 Å². The van der Waals surface area contributed by atoms with Crippen molar-refractivity contribution in [1.82, 2.24) is 9.97 Å². The van der Waals surface area contributed by atoms with Crippen LogP contribution in [0, 0.1) is 11.7 Å². The monoisotopic (exact) mass is 531 g/mol. The van der Waals surface area contributed by atoms with Gasteiger partial charge in [0.25, 0.3) is 5.91 Å². The Labute approximate surface area is 205 Å².